The third kappa shape index (κ3) is 2.68. The maximum Gasteiger partial charge on any atom is 0.133 e. The monoisotopic (exact) mass is 323 g/mol. The van der Waals surface area contributed by atoms with Crippen molar-refractivity contribution in [1.82, 2.24) is 5.32 Å². The summed E-state index contributed by atoms with van der Waals surface area (Å²) in [4.78, 5) is 0. The first-order valence-corrected chi connectivity index (χ1v) is 8.09. The molecule has 2 nitrogen and oxygen atoms in total. The molecule has 0 spiro atoms. The summed E-state index contributed by atoms with van der Waals surface area (Å²) >= 11 is 3.60. The second-order valence-electron chi connectivity index (χ2n) is 5.92. The van der Waals surface area contributed by atoms with Gasteiger partial charge in [0.2, 0.25) is 0 Å². The molecule has 104 valence electrons. The molecular weight excluding hydrogens is 302 g/mol. The van der Waals surface area contributed by atoms with Crippen molar-refractivity contribution in [3.8, 4) is 5.75 Å². The molecule has 3 atom stereocenters. The second kappa shape index (κ2) is 5.45. The molecule has 2 aliphatic carbocycles. The molecule has 2 aliphatic rings. The van der Waals surface area contributed by atoms with E-state index in [1.165, 1.54) is 24.8 Å². The lowest BCUT2D eigenvalue weighted by atomic mass is 9.89. The Morgan fingerprint density at radius 1 is 1.32 bits per heavy atom. The molecule has 0 saturated heterocycles. The summed E-state index contributed by atoms with van der Waals surface area (Å²) in [6.07, 6.45) is 4.31. The molecule has 0 amide bonds. The maximum atomic E-state index is 5.32. The van der Waals surface area contributed by atoms with Gasteiger partial charge >= 0.3 is 0 Å². The van der Waals surface area contributed by atoms with Crippen LogP contribution in [-0.4, -0.2) is 13.7 Å². The lowest BCUT2D eigenvalue weighted by molar-refractivity contribution is 0.346. The van der Waals surface area contributed by atoms with Crippen LogP contribution in [0.1, 0.15) is 37.8 Å². The normalized spacial score (nSPS) is 29.9. The van der Waals surface area contributed by atoms with Crippen LogP contribution in [0.25, 0.3) is 0 Å². The topological polar surface area (TPSA) is 21.3 Å². The largest absolute Gasteiger partial charge is 0.496 e. The van der Waals surface area contributed by atoms with Crippen LogP contribution in [0.2, 0.25) is 0 Å². The standard InChI is InChI=1S/C16H22BrNO/c1-3-18-16(13-7-11-6-12(11)8-13)10-4-5-15(19-2)14(17)9-10/h4-5,9,11-13,16,18H,3,6-8H2,1-2H3. The zero-order chi connectivity index (χ0) is 13.4. The van der Waals surface area contributed by atoms with E-state index in [4.69, 9.17) is 4.74 Å². The van der Waals surface area contributed by atoms with Gasteiger partial charge in [0.1, 0.15) is 5.75 Å². The number of rotatable bonds is 5. The van der Waals surface area contributed by atoms with E-state index in [0.29, 0.717) is 6.04 Å². The number of benzene rings is 1. The van der Waals surface area contributed by atoms with E-state index in [9.17, 15) is 0 Å². The van der Waals surface area contributed by atoms with Crippen molar-refractivity contribution in [2.45, 2.75) is 32.2 Å². The van der Waals surface area contributed by atoms with Crippen LogP contribution in [0.15, 0.2) is 22.7 Å². The molecule has 0 aromatic heterocycles. The summed E-state index contributed by atoms with van der Waals surface area (Å²) in [5, 5.41) is 3.68. The van der Waals surface area contributed by atoms with Gasteiger partial charge in [0, 0.05) is 6.04 Å². The fourth-order valence-electron chi connectivity index (χ4n) is 3.69. The number of nitrogens with one attached hydrogen (secondary N) is 1. The van der Waals surface area contributed by atoms with Crippen LogP contribution in [0.5, 0.6) is 5.75 Å². The van der Waals surface area contributed by atoms with E-state index in [2.05, 4.69) is 46.4 Å². The van der Waals surface area contributed by atoms with Gasteiger partial charge in [-0.25, -0.2) is 0 Å². The Kier molecular flexibility index (Phi) is 3.86. The smallest absolute Gasteiger partial charge is 0.133 e. The van der Waals surface area contributed by atoms with E-state index in [1.807, 2.05) is 0 Å². The summed E-state index contributed by atoms with van der Waals surface area (Å²) in [7, 11) is 1.71. The highest BCUT2D eigenvalue weighted by atomic mass is 79.9. The summed E-state index contributed by atoms with van der Waals surface area (Å²) in [5.74, 6) is 3.79. The lowest BCUT2D eigenvalue weighted by Crippen LogP contribution is -2.27. The average molecular weight is 324 g/mol. The molecule has 3 heteroatoms. The van der Waals surface area contributed by atoms with Gasteiger partial charge in [0.15, 0.2) is 0 Å². The Morgan fingerprint density at radius 3 is 2.63 bits per heavy atom. The molecule has 1 N–H and O–H groups in total. The Bertz CT molecular complexity index is 452. The highest BCUT2D eigenvalue weighted by Crippen LogP contribution is 2.57. The van der Waals surface area contributed by atoms with Crippen LogP contribution in [-0.2, 0) is 0 Å². The molecule has 3 unspecified atom stereocenters. The summed E-state index contributed by atoms with van der Waals surface area (Å²) < 4.78 is 6.38. The van der Waals surface area contributed by atoms with Gasteiger partial charge in [-0.1, -0.05) is 13.0 Å². The minimum absolute atomic E-state index is 0.500. The van der Waals surface area contributed by atoms with Crippen molar-refractivity contribution in [2.24, 2.45) is 17.8 Å². The van der Waals surface area contributed by atoms with Crippen LogP contribution in [0.3, 0.4) is 0 Å². The molecule has 0 radical (unpaired) electrons. The fourth-order valence-corrected chi connectivity index (χ4v) is 4.24. The first-order valence-electron chi connectivity index (χ1n) is 7.29. The first kappa shape index (κ1) is 13.4. The SMILES string of the molecule is CCNC(c1ccc(OC)c(Br)c1)C1CC2CC2C1. The number of hydrogen-bond acceptors (Lipinski definition) is 2. The predicted octanol–water partition coefficient (Wildman–Crippen LogP) is 4.15. The van der Waals surface area contributed by atoms with Crippen molar-refractivity contribution in [1.29, 1.82) is 0 Å². The highest BCUT2D eigenvalue weighted by Gasteiger charge is 2.47. The zero-order valence-corrected chi connectivity index (χ0v) is 13.2. The second-order valence-corrected chi connectivity index (χ2v) is 6.77. The van der Waals surface area contributed by atoms with Gasteiger partial charge in [-0.3, -0.25) is 0 Å². The Labute approximate surface area is 124 Å². The maximum absolute atomic E-state index is 5.32. The van der Waals surface area contributed by atoms with E-state index in [-0.39, 0.29) is 0 Å². The quantitative estimate of drug-likeness (QED) is 0.878. The fraction of sp³-hybridized carbons (Fsp3) is 0.625. The van der Waals surface area contributed by atoms with Gasteiger partial charge in [-0.15, -0.1) is 0 Å². The van der Waals surface area contributed by atoms with Crippen molar-refractivity contribution in [2.75, 3.05) is 13.7 Å². The molecule has 1 aromatic carbocycles. The molecule has 0 bridgehead atoms. The van der Waals surface area contributed by atoms with Crippen molar-refractivity contribution < 1.29 is 4.74 Å². The van der Waals surface area contributed by atoms with E-state index in [1.54, 1.807) is 7.11 Å². The lowest BCUT2D eigenvalue weighted by Gasteiger charge is -2.26. The molecule has 0 heterocycles. The Morgan fingerprint density at radius 2 is 2.05 bits per heavy atom. The van der Waals surface area contributed by atoms with Crippen molar-refractivity contribution >= 4 is 15.9 Å². The molecule has 3 rings (SSSR count). The molecule has 1 aromatic rings. The molecular formula is C16H22BrNO. The van der Waals surface area contributed by atoms with E-state index in [0.717, 1.165) is 34.5 Å². The van der Waals surface area contributed by atoms with Gasteiger partial charge in [0.25, 0.3) is 0 Å². The highest BCUT2D eigenvalue weighted by molar-refractivity contribution is 9.10. The summed E-state index contributed by atoms with van der Waals surface area (Å²) in [5.41, 5.74) is 1.39. The molecule has 2 fully saturated rings. The number of hydrogen-bond donors (Lipinski definition) is 1. The van der Waals surface area contributed by atoms with Crippen LogP contribution >= 0.6 is 15.9 Å². The van der Waals surface area contributed by atoms with E-state index >= 15 is 0 Å². The third-order valence-corrected chi connectivity index (χ3v) is 5.33. The third-order valence-electron chi connectivity index (χ3n) is 4.71. The van der Waals surface area contributed by atoms with Crippen molar-refractivity contribution in [3.05, 3.63) is 28.2 Å². The number of methoxy groups -OCH3 is 1. The molecule has 2 saturated carbocycles. The summed E-state index contributed by atoms with van der Waals surface area (Å²) in [6, 6.07) is 7.00. The van der Waals surface area contributed by atoms with E-state index < -0.39 is 0 Å². The van der Waals surface area contributed by atoms with Crippen molar-refractivity contribution in [3.63, 3.8) is 0 Å². The molecule has 0 aliphatic heterocycles. The van der Waals surface area contributed by atoms with Gasteiger partial charge < -0.3 is 10.1 Å². The van der Waals surface area contributed by atoms with Crippen LogP contribution in [0.4, 0.5) is 0 Å². The Hall–Kier alpha value is -0.540. The molecule has 19 heavy (non-hydrogen) atoms. The minimum atomic E-state index is 0.500. The number of halogens is 1. The number of ether oxygens (including phenoxy) is 1. The first-order chi connectivity index (χ1) is 9.22. The van der Waals surface area contributed by atoms with Gasteiger partial charge in [0.05, 0.1) is 11.6 Å². The zero-order valence-electron chi connectivity index (χ0n) is 11.7. The van der Waals surface area contributed by atoms with Gasteiger partial charge in [-0.05, 0) is 77.2 Å². The number of fused-ring (bicyclic) bond motifs is 1. The van der Waals surface area contributed by atoms with Gasteiger partial charge in [-0.2, -0.15) is 0 Å². The predicted molar refractivity (Wildman–Crippen MR) is 81.4 cm³/mol. The van der Waals surface area contributed by atoms with Crippen LogP contribution < -0.4 is 10.1 Å². The minimum Gasteiger partial charge on any atom is -0.496 e. The average Bonchev–Trinajstić information content (AvgIpc) is 3.02. The Balaban J connectivity index is 1.80. The van der Waals surface area contributed by atoms with Crippen LogP contribution in [0, 0.1) is 17.8 Å². The summed E-state index contributed by atoms with van der Waals surface area (Å²) in [6.45, 7) is 3.22.